The zero-order valence-corrected chi connectivity index (χ0v) is 12.9. The predicted octanol–water partition coefficient (Wildman–Crippen LogP) is 3.36. The summed E-state index contributed by atoms with van der Waals surface area (Å²) in [6.45, 7) is 9.55. The molecule has 1 atom stereocenters. The molecule has 0 spiro atoms. The standard InChI is InChI=1S/C17H26N2O/c1-13-5-4-7-19(12-13)8-6-17(20)18-16-10-14(2)9-15(3)11-16/h9-11,13H,4-8,12H2,1-3H3,(H,18,20)/t13-/m0/s1. The van der Waals surface area contributed by atoms with Crippen molar-refractivity contribution in [2.45, 2.75) is 40.0 Å². The molecule has 1 aliphatic rings. The minimum Gasteiger partial charge on any atom is -0.326 e. The van der Waals surface area contributed by atoms with Crippen molar-refractivity contribution in [3.8, 4) is 0 Å². The number of carbonyl (C=O) groups excluding carboxylic acids is 1. The average molecular weight is 274 g/mol. The summed E-state index contributed by atoms with van der Waals surface area (Å²) >= 11 is 0. The van der Waals surface area contributed by atoms with E-state index in [0.717, 1.165) is 31.2 Å². The van der Waals surface area contributed by atoms with Gasteiger partial charge in [0.1, 0.15) is 0 Å². The normalized spacial score (nSPS) is 19.9. The van der Waals surface area contributed by atoms with Crippen LogP contribution in [-0.4, -0.2) is 30.4 Å². The molecule has 1 aromatic rings. The molecule has 3 nitrogen and oxygen atoms in total. The molecule has 0 aliphatic carbocycles. The van der Waals surface area contributed by atoms with Crippen LogP contribution < -0.4 is 5.32 Å². The number of benzene rings is 1. The van der Waals surface area contributed by atoms with Gasteiger partial charge in [0.2, 0.25) is 5.91 Å². The van der Waals surface area contributed by atoms with Crippen LogP contribution in [0.2, 0.25) is 0 Å². The van der Waals surface area contributed by atoms with Gasteiger partial charge >= 0.3 is 0 Å². The molecule has 1 N–H and O–H groups in total. The van der Waals surface area contributed by atoms with Gasteiger partial charge in [-0.25, -0.2) is 0 Å². The number of likely N-dealkylation sites (tertiary alicyclic amines) is 1. The number of anilines is 1. The molecular formula is C17H26N2O. The summed E-state index contributed by atoms with van der Waals surface area (Å²) in [5.74, 6) is 0.888. The fraction of sp³-hybridized carbons (Fsp3) is 0.588. The van der Waals surface area contributed by atoms with E-state index < -0.39 is 0 Å². The molecule has 1 amide bonds. The van der Waals surface area contributed by atoms with Crippen LogP contribution in [0.1, 0.15) is 37.3 Å². The first-order valence-corrected chi connectivity index (χ1v) is 7.63. The lowest BCUT2D eigenvalue weighted by Crippen LogP contribution is -2.36. The largest absolute Gasteiger partial charge is 0.326 e. The number of rotatable bonds is 4. The second-order valence-electron chi connectivity index (χ2n) is 6.22. The maximum absolute atomic E-state index is 12.0. The van der Waals surface area contributed by atoms with Crippen LogP contribution in [0.5, 0.6) is 0 Å². The second-order valence-corrected chi connectivity index (χ2v) is 6.22. The van der Waals surface area contributed by atoms with Crippen molar-refractivity contribution < 1.29 is 4.79 Å². The van der Waals surface area contributed by atoms with Crippen molar-refractivity contribution >= 4 is 11.6 Å². The Kier molecular flexibility index (Phi) is 5.18. The summed E-state index contributed by atoms with van der Waals surface area (Å²) in [5, 5.41) is 3.01. The van der Waals surface area contributed by atoms with Crippen molar-refractivity contribution in [1.29, 1.82) is 0 Å². The van der Waals surface area contributed by atoms with E-state index in [0.29, 0.717) is 6.42 Å². The summed E-state index contributed by atoms with van der Waals surface area (Å²) in [4.78, 5) is 14.4. The summed E-state index contributed by atoms with van der Waals surface area (Å²) in [7, 11) is 0. The van der Waals surface area contributed by atoms with Crippen molar-refractivity contribution in [3.05, 3.63) is 29.3 Å². The van der Waals surface area contributed by atoms with Crippen LogP contribution >= 0.6 is 0 Å². The smallest absolute Gasteiger partial charge is 0.225 e. The summed E-state index contributed by atoms with van der Waals surface area (Å²) in [6.07, 6.45) is 3.17. The van der Waals surface area contributed by atoms with Crippen LogP contribution in [0.4, 0.5) is 5.69 Å². The third-order valence-corrected chi connectivity index (χ3v) is 3.90. The molecule has 1 heterocycles. The molecule has 1 fully saturated rings. The van der Waals surface area contributed by atoms with Crippen LogP contribution in [0, 0.1) is 19.8 Å². The van der Waals surface area contributed by atoms with Crippen LogP contribution in [0.25, 0.3) is 0 Å². The zero-order chi connectivity index (χ0) is 14.5. The molecule has 20 heavy (non-hydrogen) atoms. The fourth-order valence-corrected chi connectivity index (χ4v) is 3.02. The van der Waals surface area contributed by atoms with Gasteiger partial charge in [0.25, 0.3) is 0 Å². The van der Waals surface area contributed by atoms with Gasteiger partial charge in [0, 0.05) is 25.2 Å². The minimum atomic E-state index is 0.119. The predicted molar refractivity (Wildman–Crippen MR) is 84.0 cm³/mol. The van der Waals surface area contributed by atoms with Gasteiger partial charge in [-0.05, 0) is 62.4 Å². The third kappa shape index (κ3) is 4.64. The molecule has 0 aromatic heterocycles. The van der Waals surface area contributed by atoms with E-state index in [2.05, 4.69) is 37.1 Å². The van der Waals surface area contributed by atoms with Crippen LogP contribution in [0.15, 0.2) is 18.2 Å². The lowest BCUT2D eigenvalue weighted by atomic mass is 10.0. The van der Waals surface area contributed by atoms with Crippen molar-refractivity contribution in [3.63, 3.8) is 0 Å². The zero-order valence-electron chi connectivity index (χ0n) is 12.9. The van der Waals surface area contributed by atoms with Crippen molar-refractivity contribution in [2.24, 2.45) is 5.92 Å². The van der Waals surface area contributed by atoms with E-state index in [1.165, 1.54) is 24.0 Å². The molecule has 0 bridgehead atoms. The van der Waals surface area contributed by atoms with Gasteiger partial charge in [-0.15, -0.1) is 0 Å². The Morgan fingerprint density at radius 1 is 1.30 bits per heavy atom. The Balaban J connectivity index is 1.80. The van der Waals surface area contributed by atoms with Gasteiger partial charge < -0.3 is 10.2 Å². The number of nitrogens with one attached hydrogen (secondary N) is 1. The molecule has 0 unspecified atom stereocenters. The summed E-state index contributed by atoms with van der Waals surface area (Å²) < 4.78 is 0. The highest BCUT2D eigenvalue weighted by molar-refractivity contribution is 5.91. The molecule has 1 saturated heterocycles. The molecule has 1 aliphatic heterocycles. The maximum Gasteiger partial charge on any atom is 0.225 e. The Morgan fingerprint density at radius 2 is 2.00 bits per heavy atom. The van der Waals surface area contributed by atoms with Gasteiger partial charge in [-0.3, -0.25) is 4.79 Å². The fourth-order valence-electron chi connectivity index (χ4n) is 3.02. The molecule has 1 aromatic carbocycles. The Hall–Kier alpha value is -1.35. The number of aryl methyl sites for hydroxylation is 2. The first kappa shape index (κ1) is 15.0. The highest BCUT2D eigenvalue weighted by Crippen LogP contribution is 2.16. The Bertz CT molecular complexity index is 450. The molecular weight excluding hydrogens is 248 g/mol. The van der Waals surface area contributed by atoms with E-state index in [-0.39, 0.29) is 5.91 Å². The second kappa shape index (κ2) is 6.89. The van der Waals surface area contributed by atoms with E-state index in [1.54, 1.807) is 0 Å². The average Bonchev–Trinajstić information content (AvgIpc) is 2.35. The van der Waals surface area contributed by atoms with E-state index >= 15 is 0 Å². The topological polar surface area (TPSA) is 32.3 Å². The lowest BCUT2D eigenvalue weighted by molar-refractivity contribution is -0.116. The first-order chi connectivity index (χ1) is 9.52. The van der Waals surface area contributed by atoms with Gasteiger partial charge in [-0.2, -0.15) is 0 Å². The number of hydrogen-bond donors (Lipinski definition) is 1. The number of carbonyl (C=O) groups is 1. The Labute approximate surface area is 122 Å². The van der Waals surface area contributed by atoms with Crippen molar-refractivity contribution in [2.75, 3.05) is 25.0 Å². The molecule has 2 rings (SSSR count). The quantitative estimate of drug-likeness (QED) is 0.913. The number of nitrogens with zero attached hydrogens (tertiary/aromatic N) is 1. The van der Waals surface area contributed by atoms with Crippen molar-refractivity contribution in [1.82, 2.24) is 4.90 Å². The maximum atomic E-state index is 12.0. The summed E-state index contributed by atoms with van der Waals surface area (Å²) in [5.41, 5.74) is 3.29. The molecule has 0 saturated carbocycles. The number of piperidine rings is 1. The Morgan fingerprint density at radius 3 is 2.65 bits per heavy atom. The van der Waals surface area contributed by atoms with Gasteiger partial charge in [0.15, 0.2) is 0 Å². The first-order valence-electron chi connectivity index (χ1n) is 7.63. The van der Waals surface area contributed by atoms with E-state index in [9.17, 15) is 4.79 Å². The molecule has 3 heteroatoms. The monoisotopic (exact) mass is 274 g/mol. The number of amides is 1. The highest BCUT2D eigenvalue weighted by atomic mass is 16.1. The SMILES string of the molecule is Cc1cc(C)cc(NC(=O)CCN2CCC[C@H](C)C2)c1. The lowest BCUT2D eigenvalue weighted by Gasteiger charge is -2.30. The minimum absolute atomic E-state index is 0.119. The molecule has 0 radical (unpaired) electrons. The van der Waals surface area contributed by atoms with Crippen LogP contribution in [0.3, 0.4) is 0 Å². The van der Waals surface area contributed by atoms with Gasteiger partial charge in [0.05, 0.1) is 0 Å². The van der Waals surface area contributed by atoms with Gasteiger partial charge in [-0.1, -0.05) is 13.0 Å². The number of hydrogen-bond acceptors (Lipinski definition) is 2. The van der Waals surface area contributed by atoms with Crippen LogP contribution in [-0.2, 0) is 4.79 Å². The third-order valence-electron chi connectivity index (χ3n) is 3.90. The molecule has 110 valence electrons. The van der Waals surface area contributed by atoms with E-state index in [4.69, 9.17) is 0 Å². The highest BCUT2D eigenvalue weighted by Gasteiger charge is 2.16. The summed E-state index contributed by atoms with van der Waals surface area (Å²) in [6, 6.07) is 6.16. The van der Waals surface area contributed by atoms with E-state index in [1.807, 2.05) is 12.1 Å².